The lowest BCUT2D eigenvalue weighted by atomic mass is 9.82. The molecule has 22 heavy (non-hydrogen) atoms. The van der Waals surface area contributed by atoms with Gasteiger partial charge in [0.2, 0.25) is 5.91 Å². The van der Waals surface area contributed by atoms with Gasteiger partial charge in [-0.15, -0.1) is 35.9 Å². The highest BCUT2D eigenvalue weighted by molar-refractivity contribution is 8.19. The summed E-state index contributed by atoms with van der Waals surface area (Å²) >= 11 is 3.95. The second-order valence-corrected chi connectivity index (χ2v) is 8.59. The quantitative estimate of drug-likeness (QED) is 0.850. The van der Waals surface area contributed by atoms with Gasteiger partial charge in [-0.2, -0.15) is 0 Å². The Kier molecular flexibility index (Phi) is 6.50. The first-order valence-corrected chi connectivity index (χ1v) is 9.71. The van der Waals surface area contributed by atoms with Gasteiger partial charge in [-0.05, 0) is 30.5 Å². The number of carbonyl (C=O) groups is 1. The van der Waals surface area contributed by atoms with Gasteiger partial charge in [0, 0.05) is 17.2 Å². The van der Waals surface area contributed by atoms with Crippen molar-refractivity contribution < 1.29 is 4.79 Å². The highest BCUT2D eigenvalue weighted by Crippen LogP contribution is 2.45. The van der Waals surface area contributed by atoms with Crippen LogP contribution in [0.15, 0.2) is 24.3 Å². The molecule has 122 valence electrons. The average Bonchev–Trinajstić information content (AvgIpc) is 3.02. The van der Waals surface area contributed by atoms with Crippen molar-refractivity contribution in [2.24, 2.45) is 5.73 Å². The fourth-order valence-electron chi connectivity index (χ4n) is 2.98. The Morgan fingerprint density at radius 3 is 2.55 bits per heavy atom. The standard InChI is InChI=1S/C16H22N2OS2.ClH/c17-16(7-2-1-3-8-16)15(19)18-13-6-4-5-12(11-13)14-20-9-10-21-14;/h4-6,11,14H,1-3,7-10,17H2,(H,18,19);1H. The van der Waals surface area contributed by atoms with Crippen molar-refractivity contribution in [3.8, 4) is 0 Å². The first-order chi connectivity index (χ1) is 10.2. The third kappa shape index (κ3) is 4.13. The van der Waals surface area contributed by atoms with Crippen LogP contribution in [0.25, 0.3) is 0 Å². The fraction of sp³-hybridized carbons (Fsp3) is 0.562. The second-order valence-electron chi connectivity index (χ2n) is 5.87. The number of nitrogens with one attached hydrogen (secondary N) is 1. The van der Waals surface area contributed by atoms with E-state index in [1.54, 1.807) is 0 Å². The molecule has 1 aliphatic heterocycles. The zero-order chi connectivity index (χ0) is 14.7. The Balaban J connectivity index is 0.00000176. The van der Waals surface area contributed by atoms with Crippen LogP contribution in [-0.4, -0.2) is 23.0 Å². The van der Waals surface area contributed by atoms with Crippen molar-refractivity contribution in [1.29, 1.82) is 0 Å². The van der Waals surface area contributed by atoms with E-state index in [0.717, 1.165) is 31.4 Å². The van der Waals surface area contributed by atoms with E-state index in [1.165, 1.54) is 23.5 Å². The molecule has 1 aromatic rings. The first-order valence-electron chi connectivity index (χ1n) is 7.61. The molecule has 3 rings (SSSR count). The largest absolute Gasteiger partial charge is 0.324 e. The topological polar surface area (TPSA) is 55.1 Å². The predicted molar refractivity (Wildman–Crippen MR) is 100.0 cm³/mol. The van der Waals surface area contributed by atoms with Crippen molar-refractivity contribution in [3.63, 3.8) is 0 Å². The number of thioether (sulfide) groups is 2. The van der Waals surface area contributed by atoms with Crippen LogP contribution >= 0.6 is 35.9 Å². The summed E-state index contributed by atoms with van der Waals surface area (Å²) < 4.78 is 0.503. The minimum atomic E-state index is -0.675. The molecule has 1 saturated heterocycles. The molecule has 1 heterocycles. The summed E-state index contributed by atoms with van der Waals surface area (Å²) in [4.78, 5) is 12.5. The maximum atomic E-state index is 12.5. The van der Waals surface area contributed by atoms with E-state index in [9.17, 15) is 4.79 Å². The van der Waals surface area contributed by atoms with Gasteiger partial charge in [0.25, 0.3) is 0 Å². The number of hydrogen-bond donors (Lipinski definition) is 2. The minimum absolute atomic E-state index is 0. The van der Waals surface area contributed by atoms with Crippen LogP contribution in [0, 0.1) is 0 Å². The molecule has 1 saturated carbocycles. The van der Waals surface area contributed by atoms with Gasteiger partial charge in [-0.25, -0.2) is 0 Å². The zero-order valence-electron chi connectivity index (χ0n) is 12.5. The summed E-state index contributed by atoms with van der Waals surface area (Å²) in [6, 6.07) is 8.22. The molecule has 0 unspecified atom stereocenters. The highest BCUT2D eigenvalue weighted by Gasteiger charge is 2.35. The Morgan fingerprint density at radius 1 is 1.18 bits per heavy atom. The van der Waals surface area contributed by atoms with Crippen LogP contribution in [0.2, 0.25) is 0 Å². The van der Waals surface area contributed by atoms with Crippen LogP contribution < -0.4 is 11.1 Å². The van der Waals surface area contributed by atoms with Crippen LogP contribution in [0.3, 0.4) is 0 Å². The minimum Gasteiger partial charge on any atom is -0.324 e. The Bertz CT molecular complexity index is 515. The van der Waals surface area contributed by atoms with E-state index in [-0.39, 0.29) is 18.3 Å². The van der Waals surface area contributed by atoms with Crippen molar-refractivity contribution in [1.82, 2.24) is 0 Å². The van der Waals surface area contributed by atoms with Crippen molar-refractivity contribution in [2.45, 2.75) is 42.2 Å². The van der Waals surface area contributed by atoms with E-state index < -0.39 is 5.54 Å². The zero-order valence-corrected chi connectivity index (χ0v) is 15.0. The summed E-state index contributed by atoms with van der Waals surface area (Å²) in [6.07, 6.45) is 4.90. The highest BCUT2D eigenvalue weighted by atomic mass is 35.5. The summed E-state index contributed by atoms with van der Waals surface area (Å²) in [6.45, 7) is 0. The molecular formula is C16H23ClN2OS2. The normalized spacial score (nSPS) is 21.1. The lowest BCUT2D eigenvalue weighted by Gasteiger charge is -2.31. The molecule has 2 aliphatic rings. The molecule has 2 fully saturated rings. The van der Waals surface area contributed by atoms with E-state index in [1.807, 2.05) is 35.7 Å². The number of nitrogens with two attached hydrogens (primary N) is 1. The predicted octanol–water partition coefficient (Wildman–Crippen LogP) is 4.19. The van der Waals surface area contributed by atoms with Crippen molar-refractivity contribution >= 4 is 47.5 Å². The lowest BCUT2D eigenvalue weighted by molar-refractivity contribution is -0.122. The van der Waals surface area contributed by atoms with E-state index >= 15 is 0 Å². The molecule has 1 amide bonds. The molecule has 0 radical (unpaired) electrons. The van der Waals surface area contributed by atoms with Crippen molar-refractivity contribution in [2.75, 3.05) is 16.8 Å². The Morgan fingerprint density at radius 2 is 1.86 bits per heavy atom. The van der Waals surface area contributed by atoms with Gasteiger partial charge in [-0.3, -0.25) is 4.79 Å². The van der Waals surface area contributed by atoms with E-state index in [2.05, 4.69) is 17.4 Å². The molecule has 0 atom stereocenters. The average molecular weight is 359 g/mol. The van der Waals surface area contributed by atoms with Gasteiger partial charge in [-0.1, -0.05) is 31.4 Å². The summed E-state index contributed by atoms with van der Waals surface area (Å²) in [5, 5.41) is 3.03. The number of carbonyl (C=O) groups excluding carboxylic acids is 1. The smallest absolute Gasteiger partial charge is 0.244 e. The number of rotatable bonds is 3. The maximum absolute atomic E-state index is 12.5. The summed E-state index contributed by atoms with van der Waals surface area (Å²) in [5.41, 5.74) is 7.78. The molecule has 3 nitrogen and oxygen atoms in total. The van der Waals surface area contributed by atoms with Crippen LogP contribution in [0.4, 0.5) is 5.69 Å². The molecule has 0 spiro atoms. The van der Waals surface area contributed by atoms with Gasteiger partial charge in [0.05, 0.1) is 10.1 Å². The van der Waals surface area contributed by atoms with Gasteiger partial charge in [0.15, 0.2) is 0 Å². The molecule has 3 N–H and O–H groups in total. The number of amides is 1. The fourth-order valence-corrected chi connectivity index (χ4v) is 5.82. The number of hydrogen-bond acceptors (Lipinski definition) is 4. The molecule has 0 bridgehead atoms. The second kappa shape index (κ2) is 7.95. The number of halogens is 1. The molecule has 6 heteroatoms. The van der Waals surface area contributed by atoms with E-state index in [4.69, 9.17) is 5.73 Å². The molecular weight excluding hydrogens is 336 g/mol. The monoisotopic (exact) mass is 358 g/mol. The van der Waals surface area contributed by atoms with Gasteiger partial charge >= 0.3 is 0 Å². The third-order valence-electron chi connectivity index (χ3n) is 4.24. The summed E-state index contributed by atoms with van der Waals surface area (Å²) in [7, 11) is 0. The van der Waals surface area contributed by atoms with Crippen LogP contribution in [0.1, 0.15) is 42.2 Å². The van der Waals surface area contributed by atoms with Crippen LogP contribution in [0.5, 0.6) is 0 Å². The summed E-state index contributed by atoms with van der Waals surface area (Å²) in [5.74, 6) is 2.39. The number of anilines is 1. The SMILES string of the molecule is Cl.NC1(C(=O)Nc2cccc(C3SCCS3)c2)CCCCC1. The van der Waals surface area contributed by atoms with Gasteiger partial charge < -0.3 is 11.1 Å². The molecule has 0 aromatic heterocycles. The number of benzene rings is 1. The van der Waals surface area contributed by atoms with Crippen LogP contribution in [-0.2, 0) is 4.79 Å². The first kappa shape index (κ1) is 18.0. The van der Waals surface area contributed by atoms with Gasteiger partial charge in [0.1, 0.15) is 0 Å². The molecule has 1 aliphatic carbocycles. The lowest BCUT2D eigenvalue weighted by Crippen LogP contribution is -2.52. The van der Waals surface area contributed by atoms with Crippen molar-refractivity contribution in [3.05, 3.63) is 29.8 Å². The maximum Gasteiger partial charge on any atom is 0.244 e. The Labute approximate surface area is 147 Å². The Hall–Kier alpha value is -0.360. The molecule has 1 aromatic carbocycles. The third-order valence-corrected chi connectivity index (χ3v) is 7.34. The van der Waals surface area contributed by atoms with E-state index in [0.29, 0.717) is 4.58 Å².